The Morgan fingerprint density at radius 2 is 1.90 bits per heavy atom. The van der Waals surface area contributed by atoms with E-state index in [0.29, 0.717) is 5.57 Å². The third-order valence-electron chi connectivity index (χ3n) is 2.93. The van der Waals surface area contributed by atoms with E-state index in [2.05, 4.69) is 5.10 Å². The van der Waals surface area contributed by atoms with Gasteiger partial charge in [0.15, 0.2) is 0 Å². The number of nitrogens with zero attached hydrogens (tertiary/aromatic N) is 1. The van der Waals surface area contributed by atoms with E-state index in [1.165, 1.54) is 6.21 Å². The molecule has 108 valence electrons. The van der Waals surface area contributed by atoms with Crippen LogP contribution in [0, 0.1) is 5.41 Å². The molecular weight excluding hydrogens is 252 g/mol. The summed E-state index contributed by atoms with van der Waals surface area (Å²) in [5.41, 5.74) is 2.04. The van der Waals surface area contributed by atoms with E-state index in [4.69, 9.17) is 10.6 Å². The summed E-state index contributed by atoms with van der Waals surface area (Å²) in [6.45, 7) is 7.98. The van der Waals surface area contributed by atoms with Gasteiger partial charge in [0.2, 0.25) is 0 Å². The van der Waals surface area contributed by atoms with Crippen molar-refractivity contribution in [2.75, 3.05) is 0 Å². The molecule has 0 saturated heterocycles. The fourth-order valence-electron chi connectivity index (χ4n) is 1.87. The molecule has 20 heavy (non-hydrogen) atoms. The standard InChI is InChI=1S/C16H22N2O2/c1-12(14(10-18-17)16(2,3)4)15(19)20-11-13-8-6-5-7-9-13/h5-10H,11,17H2,1-4H3/b14-12-,18-10-. The molecular formula is C16H22N2O2. The van der Waals surface area contributed by atoms with Crippen molar-refractivity contribution in [3.63, 3.8) is 0 Å². The molecule has 0 atom stereocenters. The highest BCUT2D eigenvalue weighted by Crippen LogP contribution is 2.27. The van der Waals surface area contributed by atoms with Crippen molar-refractivity contribution in [2.45, 2.75) is 34.3 Å². The Balaban J connectivity index is 2.84. The molecule has 0 aliphatic heterocycles. The minimum absolute atomic E-state index is 0.223. The monoisotopic (exact) mass is 274 g/mol. The molecule has 0 aliphatic rings. The van der Waals surface area contributed by atoms with Crippen molar-refractivity contribution < 1.29 is 9.53 Å². The molecule has 0 saturated carbocycles. The first-order chi connectivity index (χ1) is 9.36. The summed E-state index contributed by atoms with van der Waals surface area (Å²) < 4.78 is 5.31. The number of esters is 1. The van der Waals surface area contributed by atoms with Crippen LogP contribution in [0.3, 0.4) is 0 Å². The van der Waals surface area contributed by atoms with Crippen molar-refractivity contribution >= 4 is 12.2 Å². The largest absolute Gasteiger partial charge is 0.457 e. The zero-order valence-corrected chi connectivity index (χ0v) is 12.5. The van der Waals surface area contributed by atoms with Crippen LogP contribution in [-0.4, -0.2) is 12.2 Å². The molecule has 2 N–H and O–H groups in total. The maximum atomic E-state index is 12.1. The van der Waals surface area contributed by atoms with E-state index >= 15 is 0 Å². The highest BCUT2D eigenvalue weighted by atomic mass is 16.5. The molecule has 0 amide bonds. The smallest absolute Gasteiger partial charge is 0.334 e. The maximum Gasteiger partial charge on any atom is 0.334 e. The minimum Gasteiger partial charge on any atom is -0.457 e. The van der Waals surface area contributed by atoms with Crippen LogP contribution in [-0.2, 0) is 16.1 Å². The Labute approximate surface area is 120 Å². The minimum atomic E-state index is -0.348. The number of benzene rings is 1. The predicted octanol–water partition coefficient (Wildman–Crippen LogP) is 3.04. The number of ether oxygens (including phenoxy) is 1. The van der Waals surface area contributed by atoms with Gasteiger partial charge < -0.3 is 10.6 Å². The van der Waals surface area contributed by atoms with Crippen LogP contribution in [0.2, 0.25) is 0 Å². The summed E-state index contributed by atoms with van der Waals surface area (Å²) in [6, 6.07) is 9.57. The Morgan fingerprint density at radius 3 is 2.40 bits per heavy atom. The third-order valence-corrected chi connectivity index (χ3v) is 2.93. The predicted molar refractivity (Wildman–Crippen MR) is 81.1 cm³/mol. The molecule has 0 fully saturated rings. The summed E-state index contributed by atoms with van der Waals surface area (Å²) in [5, 5.41) is 3.53. The molecule has 4 heteroatoms. The van der Waals surface area contributed by atoms with Gasteiger partial charge in [-0.05, 0) is 23.5 Å². The first kappa shape index (κ1) is 16.0. The molecule has 0 aliphatic carbocycles. The van der Waals surface area contributed by atoms with Crippen LogP contribution in [0.25, 0.3) is 0 Å². The van der Waals surface area contributed by atoms with Gasteiger partial charge in [0.05, 0.1) is 6.21 Å². The molecule has 4 nitrogen and oxygen atoms in total. The fourth-order valence-corrected chi connectivity index (χ4v) is 1.87. The van der Waals surface area contributed by atoms with Gasteiger partial charge in [0.25, 0.3) is 0 Å². The lowest BCUT2D eigenvalue weighted by atomic mass is 9.84. The van der Waals surface area contributed by atoms with Gasteiger partial charge in [-0.1, -0.05) is 51.1 Å². The summed E-state index contributed by atoms with van der Waals surface area (Å²) >= 11 is 0. The number of hydrogen-bond acceptors (Lipinski definition) is 4. The van der Waals surface area contributed by atoms with Gasteiger partial charge in [0, 0.05) is 5.57 Å². The summed E-state index contributed by atoms with van der Waals surface area (Å²) in [7, 11) is 0. The molecule has 0 bridgehead atoms. The lowest BCUT2D eigenvalue weighted by molar-refractivity contribution is -0.140. The fraction of sp³-hybridized carbons (Fsp3) is 0.375. The van der Waals surface area contributed by atoms with Crippen LogP contribution >= 0.6 is 0 Å². The molecule has 0 aromatic heterocycles. The van der Waals surface area contributed by atoms with E-state index in [-0.39, 0.29) is 18.0 Å². The third kappa shape index (κ3) is 4.53. The van der Waals surface area contributed by atoms with Crippen LogP contribution in [0.1, 0.15) is 33.3 Å². The average Bonchev–Trinajstić information content (AvgIpc) is 2.41. The molecule has 0 heterocycles. The Hall–Kier alpha value is -2.10. The first-order valence-corrected chi connectivity index (χ1v) is 6.52. The summed E-state index contributed by atoms with van der Waals surface area (Å²) in [5.74, 6) is 4.86. The lowest BCUT2D eigenvalue weighted by Crippen LogP contribution is -2.18. The van der Waals surface area contributed by atoms with E-state index in [0.717, 1.165) is 11.1 Å². The van der Waals surface area contributed by atoms with Crippen LogP contribution in [0.4, 0.5) is 0 Å². The highest BCUT2D eigenvalue weighted by Gasteiger charge is 2.22. The lowest BCUT2D eigenvalue weighted by Gasteiger charge is -2.21. The molecule has 0 unspecified atom stereocenters. The Morgan fingerprint density at radius 1 is 1.30 bits per heavy atom. The van der Waals surface area contributed by atoms with Crippen LogP contribution in [0.15, 0.2) is 46.6 Å². The van der Waals surface area contributed by atoms with Crippen molar-refractivity contribution in [3.8, 4) is 0 Å². The van der Waals surface area contributed by atoms with Gasteiger partial charge in [0.1, 0.15) is 6.61 Å². The average molecular weight is 274 g/mol. The number of rotatable bonds is 4. The number of hydrogen-bond donors (Lipinski definition) is 1. The normalized spacial score (nSPS) is 13.2. The second-order valence-corrected chi connectivity index (χ2v) is 5.63. The van der Waals surface area contributed by atoms with Gasteiger partial charge >= 0.3 is 5.97 Å². The highest BCUT2D eigenvalue weighted by molar-refractivity contribution is 5.96. The van der Waals surface area contributed by atoms with Crippen LogP contribution < -0.4 is 5.84 Å². The molecule has 1 aromatic carbocycles. The topological polar surface area (TPSA) is 64.7 Å². The second-order valence-electron chi connectivity index (χ2n) is 5.63. The number of carbonyl (C=O) groups excluding carboxylic acids is 1. The van der Waals surface area contributed by atoms with Crippen molar-refractivity contribution in [3.05, 3.63) is 47.0 Å². The Kier molecular flexibility index (Phi) is 5.50. The summed E-state index contributed by atoms with van der Waals surface area (Å²) in [4.78, 5) is 12.1. The maximum absolute atomic E-state index is 12.1. The van der Waals surface area contributed by atoms with Crippen molar-refractivity contribution in [1.29, 1.82) is 0 Å². The number of carbonyl (C=O) groups is 1. The van der Waals surface area contributed by atoms with E-state index in [1.807, 2.05) is 51.1 Å². The molecule has 0 radical (unpaired) electrons. The summed E-state index contributed by atoms with van der Waals surface area (Å²) in [6.07, 6.45) is 1.51. The van der Waals surface area contributed by atoms with Gasteiger partial charge in [-0.3, -0.25) is 0 Å². The number of allylic oxidation sites excluding steroid dienone is 1. The molecule has 1 rings (SSSR count). The van der Waals surface area contributed by atoms with E-state index < -0.39 is 0 Å². The van der Waals surface area contributed by atoms with Gasteiger partial charge in [-0.25, -0.2) is 4.79 Å². The Bertz CT molecular complexity index is 511. The zero-order valence-electron chi connectivity index (χ0n) is 12.5. The number of hydrazone groups is 1. The van der Waals surface area contributed by atoms with Gasteiger partial charge in [-0.15, -0.1) is 0 Å². The van der Waals surface area contributed by atoms with E-state index in [1.54, 1.807) is 6.92 Å². The van der Waals surface area contributed by atoms with E-state index in [9.17, 15) is 4.79 Å². The SMILES string of the molecule is C/C(C(=O)OCc1ccccc1)=C(\C=N/N)C(C)(C)C. The van der Waals surface area contributed by atoms with Crippen LogP contribution in [0.5, 0.6) is 0 Å². The van der Waals surface area contributed by atoms with Crippen molar-refractivity contribution in [2.24, 2.45) is 16.4 Å². The molecule has 0 spiro atoms. The van der Waals surface area contributed by atoms with Gasteiger partial charge in [-0.2, -0.15) is 5.10 Å². The van der Waals surface area contributed by atoms with Crippen molar-refractivity contribution in [1.82, 2.24) is 0 Å². The molecule has 1 aromatic rings. The number of nitrogens with two attached hydrogens (primary N) is 1. The zero-order chi connectivity index (χ0) is 15.2. The quantitative estimate of drug-likeness (QED) is 0.302. The first-order valence-electron chi connectivity index (χ1n) is 6.52. The second kappa shape index (κ2) is 6.89.